The number of hydrogen-bond acceptors (Lipinski definition) is 5. The van der Waals surface area contributed by atoms with E-state index in [2.05, 4.69) is 12.1 Å². The Hall–Kier alpha value is -2.38. The highest BCUT2D eigenvalue weighted by Gasteiger charge is 2.34. The van der Waals surface area contributed by atoms with Crippen molar-refractivity contribution in [2.45, 2.75) is 32.0 Å². The lowest BCUT2D eigenvalue weighted by Gasteiger charge is -2.33. The Balaban J connectivity index is 1.48. The lowest BCUT2D eigenvalue weighted by Crippen LogP contribution is -2.46. The van der Waals surface area contributed by atoms with Gasteiger partial charge in [0.25, 0.3) is 0 Å². The van der Waals surface area contributed by atoms with Crippen LogP contribution in [0.2, 0.25) is 0 Å². The van der Waals surface area contributed by atoms with Gasteiger partial charge in [0.1, 0.15) is 5.75 Å². The number of rotatable bonds is 6. The van der Waals surface area contributed by atoms with Crippen LogP contribution in [0.4, 0.5) is 0 Å². The van der Waals surface area contributed by atoms with Crippen molar-refractivity contribution in [3.8, 4) is 5.75 Å². The summed E-state index contributed by atoms with van der Waals surface area (Å²) in [5, 5.41) is 0. The monoisotopic (exact) mass is 428 g/mol. The minimum atomic E-state index is -3.03. The Morgan fingerprint density at radius 2 is 1.87 bits per heavy atom. The molecule has 7 heteroatoms. The average Bonchev–Trinajstić information content (AvgIpc) is 3.13. The van der Waals surface area contributed by atoms with Crippen LogP contribution in [0, 0.1) is 0 Å². The fourth-order valence-corrected chi connectivity index (χ4v) is 6.09. The van der Waals surface area contributed by atoms with Crippen LogP contribution in [-0.4, -0.2) is 61.9 Å². The fraction of sp³-hybridized carbons (Fsp3) is 0.435. The highest BCUT2D eigenvalue weighted by atomic mass is 32.2. The molecule has 0 aromatic heterocycles. The molecule has 2 aliphatic rings. The fourth-order valence-electron chi connectivity index (χ4n) is 4.33. The van der Waals surface area contributed by atoms with E-state index in [0.29, 0.717) is 26.1 Å². The second kappa shape index (κ2) is 8.78. The van der Waals surface area contributed by atoms with Gasteiger partial charge < -0.3 is 9.64 Å². The van der Waals surface area contributed by atoms with Crippen molar-refractivity contribution in [1.29, 1.82) is 0 Å². The third-order valence-corrected chi connectivity index (χ3v) is 7.84. The van der Waals surface area contributed by atoms with Crippen LogP contribution in [0.5, 0.6) is 5.75 Å². The van der Waals surface area contributed by atoms with Gasteiger partial charge in [-0.25, -0.2) is 8.42 Å². The summed E-state index contributed by atoms with van der Waals surface area (Å²) in [6.07, 6.45) is 1.44. The summed E-state index contributed by atoms with van der Waals surface area (Å²) in [7, 11) is -1.41. The molecule has 2 aliphatic heterocycles. The van der Waals surface area contributed by atoms with Crippen LogP contribution >= 0.6 is 0 Å². The number of sulfone groups is 1. The molecule has 0 saturated carbocycles. The molecule has 1 unspecified atom stereocenters. The van der Waals surface area contributed by atoms with Crippen molar-refractivity contribution in [2.24, 2.45) is 0 Å². The molecule has 0 spiro atoms. The van der Waals surface area contributed by atoms with Crippen molar-refractivity contribution in [2.75, 3.05) is 31.7 Å². The third-order valence-electron chi connectivity index (χ3n) is 6.09. The number of amides is 1. The van der Waals surface area contributed by atoms with E-state index < -0.39 is 9.84 Å². The Kier molecular flexibility index (Phi) is 6.11. The highest BCUT2D eigenvalue weighted by molar-refractivity contribution is 7.91. The van der Waals surface area contributed by atoms with Crippen LogP contribution in [0.25, 0.3) is 0 Å². The van der Waals surface area contributed by atoms with E-state index in [0.717, 1.165) is 17.7 Å². The molecule has 2 aromatic rings. The molecule has 30 heavy (non-hydrogen) atoms. The second-order valence-electron chi connectivity index (χ2n) is 8.14. The Bertz CT molecular complexity index is 1000. The van der Waals surface area contributed by atoms with Gasteiger partial charge in [0.2, 0.25) is 5.91 Å². The van der Waals surface area contributed by atoms with Gasteiger partial charge in [-0.15, -0.1) is 0 Å². The normalized spacial score (nSPS) is 20.2. The number of ether oxygens (including phenoxy) is 1. The van der Waals surface area contributed by atoms with E-state index in [1.165, 1.54) is 11.1 Å². The molecule has 0 N–H and O–H groups in total. The zero-order chi connectivity index (χ0) is 21.1. The number of nitrogens with zero attached hydrogens (tertiary/aromatic N) is 2. The number of fused-ring (bicyclic) bond motifs is 1. The molecule has 6 nitrogen and oxygen atoms in total. The van der Waals surface area contributed by atoms with E-state index in [9.17, 15) is 13.2 Å². The molecule has 160 valence electrons. The van der Waals surface area contributed by atoms with Gasteiger partial charge in [0.15, 0.2) is 9.84 Å². The highest BCUT2D eigenvalue weighted by Crippen LogP contribution is 2.23. The Morgan fingerprint density at radius 1 is 1.13 bits per heavy atom. The second-order valence-corrected chi connectivity index (χ2v) is 10.4. The lowest BCUT2D eigenvalue weighted by atomic mass is 10.00. The molecule has 0 bridgehead atoms. The van der Waals surface area contributed by atoms with E-state index in [1.54, 1.807) is 7.11 Å². The molecule has 1 fully saturated rings. The van der Waals surface area contributed by atoms with Crippen LogP contribution in [0.15, 0.2) is 48.5 Å². The third kappa shape index (κ3) is 4.84. The maximum absolute atomic E-state index is 13.1. The smallest absolute Gasteiger partial charge is 0.237 e. The predicted octanol–water partition coefficient (Wildman–Crippen LogP) is 2.27. The molecule has 1 saturated heterocycles. The summed E-state index contributed by atoms with van der Waals surface area (Å²) in [4.78, 5) is 17.1. The lowest BCUT2D eigenvalue weighted by molar-refractivity contribution is -0.134. The van der Waals surface area contributed by atoms with Gasteiger partial charge in [0, 0.05) is 25.7 Å². The SMILES string of the molecule is COc1ccc(CN(CC(=O)N2CCc3ccccc3C2)C2CCS(=O)(=O)C2)cc1. The number of hydrogen-bond donors (Lipinski definition) is 0. The van der Waals surface area contributed by atoms with Gasteiger partial charge in [-0.3, -0.25) is 9.69 Å². The molecule has 1 atom stereocenters. The van der Waals surface area contributed by atoms with Gasteiger partial charge >= 0.3 is 0 Å². The molecular formula is C23H28N2O4S. The first-order valence-corrected chi connectivity index (χ1v) is 12.2. The zero-order valence-electron chi connectivity index (χ0n) is 17.3. The Labute approximate surface area is 178 Å². The van der Waals surface area contributed by atoms with E-state index in [-0.39, 0.29) is 30.0 Å². The van der Waals surface area contributed by atoms with Gasteiger partial charge in [-0.2, -0.15) is 0 Å². The summed E-state index contributed by atoms with van der Waals surface area (Å²) >= 11 is 0. The van der Waals surface area contributed by atoms with E-state index in [4.69, 9.17) is 4.74 Å². The molecule has 0 aliphatic carbocycles. The summed E-state index contributed by atoms with van der Waals surface area (Å²) in [6, 6.07) is 15.8. The van der Waals surface area contributed by atoms with Crippen molar-refractivity contribution in [1.82, 2.24) is 9.80 Å². The molecule has 0 radical (unpaired) electrons. The van der Waals surface area contributed by atoms with Crippen molar-refractivity contribution < 1.29 is 17.9 Å². The maximum atomic E-state index is 13.1. The van der Waals surface area contributed by atoms with Gasteiger partial charge in [0.05, 0.1) is 25.2 Å². The standard InChI is InChI=1S/C23H28N2O4S/c1-29-22-8-6-18(7-9-22)14-25(21-11-13-30(27,28)17-21)16-23(26)24-12-10-19-4-2-3-5-20(19)15-24/h2-9,21H,10-17H2,1H3. The van der Waals surface area contributed by atoms with Crippen LogP contribution in [0.3, 0.4) is 0 Å². The predicted molar refractivity (Wildman–Crippen MR) is 116 cm³/mol. The van der Waals surface area contributed by atoms with Crippen molar-refractivity contribution >= 4 is 15.7 Å². The molecule has 1 amide bonds. The summed E-state index contributed by atoms with van der Waals surface area (Å²) in [6.45, 7) is 2.10. The average molecular weight is 429 g/mol. The summed E-state index contributed by atoms with van der Waals surface area (Å²) in [5.41, 5.74) is 3.54. The first-order valence-electron chi connectivity index (χ1n) is 10.4. The topological polar surface area (TPSA) is 66.9 Å². The van der Waals surface area contributed by atoms with Crippen molar-refractivity contribution in [3.05, 3.63) is 65.2 Å². The summed E-state index contributed by atoms with van der Waals surface area (Å²) < 4.78 is 29.4. The van der Waals surface area contributed by atoms with E-state index in [1.807, 2.05) is 46.2 Å². The van der Waals surface area contributed by atoms with Gasteiger partial charge in [-0.05, 0) is 41.7 Å². The quantitative estimate of drug-likeness (QED) is 0.706. The number of benzene rings is 2. The molecule has 4 rings (SSSR count). The van der Waals surface area contributed by atoms with E-state index >= 15 is 0 Å². The molecule has 2 heterocycles. The minimum absolute atomic E-state index is 0.0577. The molecular weight excluding hydrogens is 400 g/mol. The maximum Gasteiger partial charge on any atom is 0.237 e. The number of carbonyl (C=O) groups excluding carboxylic acids is 1. The van der Waals surface area contributed by atoms with Crippen LogP contribution in [0.1, 0.15) is 23.1 Å². The summed E-state index contributed by atoms with van der Waals surface area (Å²) in [5.74, 6) is 1.15. The minimum Gasteiger partial charge on any atom is -0.497 e. The number of carbonyl (C=O) groups is 1. The first kappa shape index (κ1) is 20.9. The van der Waals surface area contributed by atoms with Crippen molar-refractivity contribution in [3.63, 3.8) is 0 Å². The zero-order valence-corrected chi connectivity index (χ0v) is 18.1. The van der Waals surface area contributed by atoms with Gasteiger partial charge in [-0.1, -0.05) is 36.4 Å². The largest absolute Gasteiger partial charge is 0.497 e. The van der Waals surface area contributed by atoms with Crippen LogP contribution < -0.4 is 4.74 Å². The Morgan fingerprint density at radius 3 is 2.53 bits per heavy atom. The molecule has 2 aromatic carbocycles. The number of methoxy groups -OCH3 is 1. The first-order chi connectivity index (χ1) is 14.4. The van der Waals surface area contributed by atoms with Crippen LogP contribution in [-0.2, 0) is 34.1 Å².